The molecular formula is C41H45F3N6O8S. The van der Waals surface area contributed by atoms with Crippen molar-refractivity contribution in [2.24, 2.45) is 0 Å². The normalized spacial score (nSPS) is 20.4. The molecule has 1 aromatic heterocycles. The molecule has 2 unspecified atom stereocenters. The molecule has 0 bridgehead atoms. The van der Waals surface area contributed by atoms with Gasteiger partial charge in [0.1, 0.15) is 30.1 Å². The number of halogens is 3. The number of ether oxygens (including phenoxy) is 5. The zero-order chi connectivity index (χ0) is 41.8. The Bertz CT molecular complexity index is 2010. The number of hydrogen-bond donors (Lipinski definition) is 0. The number of hydrogen-bond acceptors (Lipinski definition) is 13. The number of benzene rings is 2. The zero-order valence-corrected chi connectivity index (χ0v) is 33.2. The van der Waals surface area contributed by atoms with Crippen LogP contribution >= 0.6 is 11.8 Å². The molecule has 0 aliphatic carbocycles. The predicted molar refractivity (Wildman–Crippen MR) is 207 cm³/mol. The van der Waals surface area contributed by atoms with Crippen LogP contribution in [0.25, 0.3) is 6.08 Å². The monoisotopic (exact) mass is 838 g/mol. The molecule has 2 aromatic carbocycles. The maximum Gasteiger partial charge on any atom is 0.512 e. The summed E-state index contributed by atoms with van der Waals surface area (Å²) < 4.78 is 73.3. The topological polar surface area (TPSA) is 158 Å². The lowest BCUT2D eigenvalue weighted by molar-refractivity contribution is -0.157. The van der Waals surface area contributed by atoms with Crippen molar-refractivity contribution in [2.45, 2.75) is 74.0 Å². The molecular weight excluding hydrogens is 794 g/mol. The number of allylic oxidation sites excluding steroid dienone is 2. The van der Waals surface area contributed by atoms with E-state index in [0.29, 0.717) is 30.8 Å². The van der Waals surface area contributed by atoms with Gasteiger partial charge in [0, 0.05) is 48.0 Å². The van der Waals surface area contributed by atoms with Crippen LogP contribution in [-0.4, -0.2) is 112 Å². The summed E-state index contributed by atoms with van der Waals surface area (Å²) in [6.07, 6.45) is 9.68. The van der Waals surface area contributed by atoms with E-state index in [1.54, 1.807) is 30.1 Å². The van der Waals surface area contributed by atoms with Gasteiger partial charge in [-0.15, -0.1) is 11.8 Å². The number of aromatic nitrogens is 3. The second-order valence-corrected chi connectivity index (χ2v) is 15.9. The van der Waals surface area contributed by atoms with E-state index in [1.165, 1.54) is 59.8 Å². The van der Waals surface area contributed by atoms with Crippen molar-refractivity contribution in [3.63, 3.8) is 0 Å². The Labute approximate surface area is 343 Å². The van der Waals surface area contributed by atoms with Crippen LogP contribution in [0.1, 0.15) is 55.7 Å². The average Bonchev–Trinajstić information content (AvgIpc) is 3.72. The van der Waals surface area contributed by atoms with E-state index >= 15 is 4.39 Å². The largest absolute Gasteiger partial charge is 0.512 e. The number of nitrogens with zero attached hydrogens (tertiary/aromatic N) is 6. The number of amides is 1. The van der Waals surface area contributed by atoms with Crippen molar-refractivity contribution in [3.8, 4) is 6.07 Å². The molecule has 3 saturated heterocycles. The molecule has 4 heterocycles. The standard InChI is InChI=1S/C41H45F3N6O8S/c1-28(59-33-22-54-39(55-23-33)6-3-2-5-30-8-7-29(21-45)19-35(30)43)41(24-50-26-46-25-47-50,34-10-9-31(42)20-36(34)44)58-40(53)57-27-56-38(52)12-11-37(51)49-17-13-32(14-18-49)48-15-4-16-48/h2-3,5-10,19-20,25-26,28,32-33,39H,4,11-18,22-24,27H2,1H3. The summed E-state index contributed by atoms with van der Waals surface area (Å²) in [5.74, 6) is -3.29. The average molecular weight is 839 g/mol. The highest BCUT2D eigenvalue weighted by atomic mass is 32.2. The van der Waals surface area contributed by atoms with Gasteiger partial charge in [-0.2, -0.15) is 10.4 Å². The first-order valence-electron chi connectivity index (χ1n) is 19.3. The summed E-state index contributed by atoms with van der Waals surface area (Å²) in [4.78, 5) is 46.8. The second kappa shape index (κ2) is 20.7. The molecule has 1 amide bonds. The fourth-order valence-electron chi connectivity index (χ4n) is 7.07. The first-order chi connectivity index (χ1) is 28.5. The quantitative estimate of drug-likeness (QED) is 0.0980. The Morgan fingerprint density at radius 2 is 1.80 bits per heavy atom. The minimum Gasteiger partial charge on any atom is -0.428 e. The van der Waals surface area contributed by atoms with Gasteiger partial charge in [0.25, 0.3) is 0 Å². The molecule has 314 valence electrons. The molecule has 2 atom stereocenters. The lowest BCUT2D eigenvalue weighted by atomic mass is 9.89. The van der Waals surface area contributed by atoms with E-state index < -0.39 is 53.5 Å². The number of piperidine rings is 1. The first-order valence-corrected chi connectivity index (χ1v) is 20.2. The Hall–Kier alpha value is -5.22. The van der Waals surface area contributed by atoms with E-state index in [4.69, 9.17) is 28.9 Å². The third kappa shape index (κ3) is 11.7. The molecule has 0 radical (unpaired) electrons. The third-order valence-corrected chi connectivity index (χ3v) is 11.9. The lowest BCUT2D eigenvalue weighted by Crippen LogP contribution is -2.51. The summed E-state index contributed by atoms with van der Waals surface area (Å²) >= 11 is 1.26. The highest BCUT2D eigenvalue weighted by Crippen LogP contribution is 2.42. The molecule has 14 nitrogen and oxygen atoms in total. The Kier molecular flexibility index (Phi) is 15.2. The van der Waals surface area contributed by atoms with Crippen LogP contribution in [0, 0.1) is 28.8 Å². The van der Waals surface area contributed by atoms with Gasteiger partial charge in [0.2, 0.25) is 12.7 Å². The Morgan fingerprint density at radius 1 is 1.02 bits per heavy atom. The number of esters is 1. The van der Waals surface area contributed by atoms with E-state index in [1.807, 2.05) is 6.07 Å². The fourth-order valence-corrected chi connectivity index (χ4v) is 8.43. The van der Waals surface area contributed by atoms with Crippen LogP contribution in [-0.2, 0) is 45.4 Å². The third-order valence-electron chi connectivity index (χ3n) is 10.4. The molecule has 3 aromatic rings. The van der Waals surface area contributed by atoms with Gasteiger partial charge in [-0.1, -0.05) is 24.3 Å². The molecule has 59 heavy (non-hydrogen) atoms. The molecule has 6 rings (SSSR count). The Morgan fingerprint density at radius 3 is 2.46 bits per heavy atom. The number of likely N-dealkylation sites (tertiary alicyclic amines) is 2. The minimum absolute atomic E-state index is 0.0545. The maximum absolute atomic E-state index is 15.7. The number of carbonyl (C=O) groups excluding carboxylic acids is 3. The van der Waals surface area contributed by atoms with E-state index in [2.05, 4.69) is 15.0 Å². The zero-order valence-electron chi connectivity index (χ0n) is 32.4. The Balaban J connectivity index is 1.05. The number of nitriles is 1. The summed E-state index contributed by atoms with van der Waals surface area (Å²) in [7, 11) is 0. The van der Waals surface area contributed by atoms with Crippen molar-refractivity contribution in [1.29, 1.82) is 5.26 Å². The van der Waals surface area contributed by atoms with Crippen molar-refractivity contribution in [3.05, 3.63) is 101 Å². The van der Waals surface area contributed by atoms with Crippen molar-refractivity contribution < 1.29 is 51.2 Å². The van der Waals surface area contributed by atoms with E-state index in [9.17, 15) is 23.2 Å². The summed E-state index contributed by atoms with van der Waals surface area (Å²) in [5.41, 5.74) is -1.56. The molecule has 0 spiro atoms. The number of rotatable bonds is 16. The smallest absolute Gasteiger partial charge is 0.428 e. The van der Waals surface area contributed by atoms with Crippen LogP contribution in [0.15, 0.2) is 67.3 Å². The van der Waals surface area contributed by atoms with Crippen LogP contribution in [0.3, 0.4) is 0 Å². The number of thioether (sulfide) groups is 1. The van der Waals surface area contributed by atoms with Gasteiger partial charge in [0.15, 0.2) is 11.9 Å². The maximum atomic E-state index is 15.7. The molecule has 0 saturated carbocycles. The SMILES string of the molecule is CC(SC1COC(C=CC=Cc2ccc(C#N)cc2F)OC1)C(Cn1cncn1)(OC(=O)OCOC(=O)CCC(=O)N1CCC(N2CCC2)CC1)c1ccc(F)cc1F. The summed E-state index contributed by atoms with van der Waals surface area (Å²) in [6, 6.07) is 9.42. The van der Waals surface area contributed by atoms with Crippen LogP contribution in [0.5, 0.6) is 0 Å². The van der Waals surface area contributed by atoms with Gasteiger partial charge >= 0.3 is 12.1 Å². The molecule has 3 aliphatic heterocycles. The van der Waals surface area contributed by atoms with Crippen LogP contribution in [0.2, 0.25) is 0 Å². The molecule has 3 fully saturated rings. The van der Waals surface area contributed by atoms with Crippen LogP contribution in [0.4, 0.5) is 18.0 Å². The van der Waals surface area contributed by atoms with Crippen molar-refractivity contribution in [1.82, 2.24) is 24.6 Å². The first kappa shape index (κ1) is 43.4. The number of carbonyl (C=O) groups is 3. The lowest BCUT2D eigenvalue weighted by Gasteiger charge is -2.43. The highest BCUT2D eigenvalue weighted by Gasteiger charge is 2.47. The van der Waals surface area contributed by atoms with Gasteiger partial charge in [-0.25, -0.2) is 27.6 Å². The second-order valence-electron chi connectivity index (χ2n) is 14.3. The highest BCUT2D eigenvalue weighted by molar-refractivity contribution is 8.00. The predicted octanol–water partition coefficient (Wildman–Crippen LogP) is 5.73. The van der Waals surface area contributed by atoms with E-state index in [0.717, 1.165) is 38.1 Å². The molecule has 18 heteroatoms. The fraction of sp³-hybridized carbons (Fsp3) is 0.463. The summed E-state index contributed by atoms with van der Waals surface area (Å²) in [5, 5.41) is 11.9. The minimum atomic E-state index is -1.89. The molecule has 0 N–H and O–H groups in total. The van der Waals surface area contributed by atoms with Gasteiger partial charge in [-0.05, 0) is 69.6 Å². The van der Waals surface area contributed by atoms with Crippen molar-refractivity contribution in [2.75, 3.05) is 46.2 Å². The van der Waals surface area contributed by atoms with Gasteiger partial charge in [-0.3, -0.25) is 9.59 Å². The van der Waals surface area contributed by atoms with Gasteiger partial charge in [0.05, 0.1) is 43.1 Å². The van der Waals surface area contributed by atoms with Crippen molar-refractivity contribution >= 4 is 35.9 Å². The molecule has 3 aliphatic rings. The summed E-state index contributed by atoms with van der Waals surface area (Å²) in [6.45, 7) is 4.38. The van der Waals surface area contributed by atoms with Gasteiger partial charge < -0.3 is 33.5 Å². The van der Waals surface area contributed by atoms with E-state index in [-0.39, 0.29) is 54.9 Å². The van der Waals surface area contributed by atoms with Crippen LogP contribution < -0.4 is 0 Å².